The second kappa shape index (κ2) is 5.15. The SMILES string of the molecule is COCC(C)C1CC2CCC3CCCC(C1C)C32. The minimum Gasteiger partial charge on any atom is -0.384 e. The summed E-state index contributed by atoms with van der Waals surface area (Å²) in [6, 6.07) is 0. The van der Waals surface area contributed by atoms with Crippen LogP contribution in [-0.2, 0) is 4.74 Å². The highest BCUT2D eigenvalue weighted by Crippen LogP contribution is 2.58. The lowest BCUT2D eigenvalue weighted by Crippen LogP contribution is -2.43. The van der Waals surface area contributed by atoms with Gasteiger partial charge in [0, 0.05) is 13.7 Å². The van der Waals surface area contributed by atoms with Gasteiger partial charge in [0.05, 0.1) is 0 Å². The van der Waals surface area contributed by atoms with E-state index < -0.39 is 0 Å². The van der Waals surface area contributed by atoms with Crippen LogP contribution in [0, 0.1) is 41.4 Å². The van der Waals surface area contributed by atoms with E-state index in [0.717, 1.165) is 48.0 Å². The summed E-state index contributed by atoms with van der Waals surface area (Å²) in [6.45, 7) is 5.93. The molecule has 0 amide bonds. The highest BCUT2D eigenvalue weighted by Gasteiger charge is 2.50. The summed E-state index contributed by atoms with van der Waals surface area (Å²) in [5.74, 6) is 6.96. The molecule has 3 rings (SSSR count). The van der Waals surface area contributed by atoms with Crippen LogP contribution in [0.4, 0.5) is 0 Å². The molecule has 0 aromatic heterocycles. The van der Waals surface area contributed by atoms with Crippen LogP contribution < -0.4 is 0 Å². The molecule has 0 aromatic carbocycles. The molecule has 7 unspecified atom stereocenters. The van der Waals surface area contributed by atoms with Gasteiger partial charge < -0.3 is 4.74 Å². The predicted molar refractivity (Wildman–Crippen MR) is 75.4 cm³/mol. The Labute approximate surface area is 113 Å². The molecule has 3 saturated carbocycles. The molecular formula is C17H30O. The quantitative estimate of drug-likeness (QED) is 0.723. The fraction of sp³-hybridized carbons (Fsp3) is 1.00. The van der Waals surface area contributed by atoms with Crippen molar-refractivity contribution in [2.24, 2.45) is 41.4 Å². The van der Waals surface area contributed by atoms with Gasteiger partial charge in [-0.15, -0.1) is 0 Å². The monoisotopic (exact) mass is 250 g/mol. The van der Waals surface area contributed by atoms with E-state index in [1.807, 2.05) is 7.11 Å². The normalized spacial score (nSPS) is 48.8. The van der Waals surface area contributed by atoms with Gasteiger partial charge >= 0.3 is 0 Å². The molecule has 7 atom stereocenters. The first-order chi connectivity index (χ1) is 8.72. The minimum atomic E-state index is 0.756. The molecule has 0 spiro atoms. The standard InChI is InChI=1S/C17H30O/c1-11(10-18-3)16-9-14-8-7-13-5-4-6-15(12(16)2)17(13)14/h11-17H,4-10H2,1-3H3. The first kappa shape index (κ1) is 13.0. The number of methoxy groups -OCH3 is 1. The molecule has 0 N–H and O–H groups in total. The minimum absolute atomic E-state index is 0.756. The summed E-state index contributed by atoms with van der Waals surface area (Å²) in [7, 11) is 1.86. The highest BCUT2D eigenvalue weighted by molar-refractivity contribution is 4.99. The number of hydrogen-bond donors (Lipinski definition) is 0. The van der Waals surface area contributed by atoms with E-state index in [2.05, 4.69) is 13.8 Å². The van der Waals surface area contributed by atoms with E-state index in [4.69, 9.17) is 4.74 Å². The third kappa shape index (κ3) is 2.03. The van der Waals surface area contributed by atoms with Crippen molar-refractivity contribution in [3.8, 4) is 0 Å². The lowest BCUT2D eigenvalue weighted by atomic mass is 9.56. The van der Waals surface area contributed by atoms with Crippen LogP contribution in [0.3, 0.4) is 0 Å². The van der Waals surface area contributed by atoms with Gasteiger partial charge in [0.15, 0.2) is 0 Å². The van der Waals surface area contributed by atoms with Crippen molar-refractivity contribution in [1.82, 2.24) is 0 Å². The molecule has 1 heteroatoms. The van der Waals surface area contributed by atoms with Crippen LogP contribution in [0.1, 0.15) is 52.4 Å². The van der Waals surface area contributed by atoms with Crippen molar-refractivity contribution in [1.29, 1.82) is 0 Å². The summed E-state index contributed by atoms with van der Waals surface area (Å²) in [5.41, 5.74) is 0. The zero-order chi connectivity index (χ0) is 12.7. The molecule has 104 valence electrons. The van der Waals surface area contributed by atoms with Crippen LogP contribution in [0.5, 0.6) is 0 Å². The fourth-order valence-corrected chi connectivity index (χ4v) is 5.95. The smallest absolute Gasteiger partial charge is 0.0490 e. The lowest BCUT2D eigenvalue weighted by molar-refractivity contribution is -0.0213. The Bertz CT molecular complexity index is 287. The largest absolute Gasteiger partial charge is 0.384 e. The van der Waals surface area contributed by atoms with Crippen LogP contribution in [-0.4, -0.2) is 13.7 Å². The van der Waals surface area contributed by atoms with E-state index in [9.17, 15) is 0 Å². The number of hydrogen-bond acceptors (Lipinski definition) is 1. The average Bonchev–Trinajstić information content (AvgIpc) is 2.78. The van der Waals surface area contributed by atoms with Gasteiger partial charge in [-0.2, -0.15) is 0 Å². The Morgan fingerprint density at radius 2 is 1.89 bits per heavy atom. The molecule has 0 saturated heterocycles. The summed E-state index contributed by atoms with van der Waals surface area (Å²) >= 11 is 0. The topological polar surface area (TPSA) is 9.23 Å². The van der Waals surface area contributed by atoms with Crippen LogP contribution in [0.15, 0.2) is 0 Å². The molecular weight excluding hydrogens is 220 g/mol. The maximum absolute atomic E-state index is 5.42. The Morgan fingerprint density at radius 3 is 2.67 bits per heavy atom. The maximum Gasteiger partial charge on any atom is 0.0490 e. The van der Waals surface area contributed by atoms with Gasteiger partial charge in [0.2, 0.25) is 0 Å². The summed E-state index contributed by atoms with van der Waals surface area (Å²) < 4.78 is 5.42. The molecule has 0 heterocycles. The van der Waals surface area contributed by atoms with E-state index in [-0.39, 0.29) is 0 Å². The average molecular weight is 250 g/mol. The van der Waals surface area contributed by atoms with Gasteiger partial charge in [-0.05, 0) is 67.1 Å². The molecule has 0 aromatic rings. The van der Waals surface area contributed by atoms with Crippen molar-refractivity contribution < 1.29 is 4.74 Å². The van der Waals surface area contributed by atoms with E-state index in [1.165, 1.54) is 25.7 Å². The summed E-state index contributed by atoms with van der Waals surface area (Å²) in [5, 5.41) is 0. The third-order valence-corrected chi connectivity index (χ3v) is 6.69. The van der Waals surface area contributed by atoms with Crippen molar-refractivity contribution in [3.05, 3.63) is 0 Å². The molecule has 0 aliphatic heterocycles. The summed E-state index contributed by atoms with van der Waals surface area (Å²) in [6.07, 6.45) is 9.16. The lowest BCUT2D eigenvalue weighted by Gasteiger charge is -2.50. The zero-order valence-electron chi connectivity index (χ0n) is 12.4. The Morgan fingerprint density at radius 1 is 1.11 bits per heavy atom. The summed E-state index contributed by atoms with van der Waals surface area (Å²) in [4.78, 5) is 0. The van der Waals surface area contributed by atoms with Crippen LogP contribution in [0.2, 0.25) is 0 Å². The van der Waals surface area contributed by atoms with E-state index >= 15 is 0 Å². The van der Waals surface area contributed by atoms with Crippen molar-refractivity contribution >= 4 is 0 Å². The zero-order valence-corrected chi connectivity index (χ0v) is 12.4. The molecule has 3 aliphatic carbocycles. The first-order valence-corrected chi connectivity index (χ1v) is 8.21. The molecule has 3 aliphatic rings. The van der Waals surface area contributed by atoms with Crippen LogP contribution in [0.25, 0.3) is 0 Å². The van der Waals surface area contributed by atoms with Gasteiger partial charge in [0.1, 0.15) is 0 Å². The van der Waals surface area contributed by atoms with Crippen LogP contribution >= 0.6 is 0 Å². The van der Waals surface area contributed by atoms with E-state index in [1.54, 1.807) is 12.8 Å². The first-order valence-electron chi connectivity index (χ1n) is 8.21. The van der Waals surface area contributed by atoms with Gasteiger partial charge in [-0.25, -0.2) is 0 Å². The third-order valence-electron chi connectivity index (χ3n) is 6.69. The van der Waals surface area contributed by atoms with E-state index in [0.29, 0.717) is 0 Å². The second-order valence-electron chi connectivity index (χ2n) is 7.46. The molecule has 3 fully saturated rings. The predicted octanol–water partition coefficient (Wildman–Crippen LogP) is 4.37. The Kier molecular flexibility index (Phi) is 3.71. The van der Waals surface area contributed by atoms with Gasteiger partial charge in [-0.1, -0.05) is 26.7 Å². The van der Waals surface area contributed by atoms with Gasteiger partial charge in [0.25, 0.3) is 0 Å². The second-order valence-corrected chi connectivity index (χ2v) is 7.46. The Balaban J connectivity index is 1.76. The highest BCUT2D eigenvalue weighted by atomic mass is 16.5. The molecule has 0 bridgehead atoms. The van der Waals surface area contributed by atoms with Crippen molar-refractivity contribution in [2.45, 2.75) is 52.4 Å². The number of ether oxygens (including phenoxy) is 1. The molecule has 1 nitrogen and oxygen atoms in total. The Hall–Kier alpha value is -0.0400. The fourth-order valence-electron chi connectivity index (χ4n) is 5.95. The molecule has 0 radical (unpaired) electrons. The molecule has 18 heavy (non-hydrogen) atoms. The number of rotatable bonds is 3. The van der Waals surface area contributed by atoms with Crippen molar-refractivity contribution in [3.63, 3.8) is 0 Å². The maximum atomic E-state index is 5.42. The van der Waals surface area contributed by atoms with Gasteiger partial charge in [-0.3, -0.25) is 0 Å². The van der Waals surface area contributed by atoms with Crippen molar-refractivity contribution in [2.75, 3.05) is 13.7 Å².